The van der Waals surface area contributed by atoms with Crippen LogP contribution in [0.3, 0.4) is 0 Å². The second kappa shape index (κ2) is 8.50. The van der Waals surface area contributed by atoms with Gasteiger partial charge in [-0.2, -0.15) is 0 Å². The molecule has 1 aromatic carbocycles. The number of nitrogens with one attached hydrogen (secondary N) is 1. The number of methoxy groups -OCH3 is 3. The molecule has 3 rings (SSSR count). The Bertz CT molecular complexity index is 993. The molecule has 1 aliphatic rings. The zero-order valence-electron chi connectivity index (χ0n) is 17.1. The van der Waals surface area contributed by atoms with Gasteiger partial charge in [-0.15, -0.1) is 0 Å². The lowest BCUT2D eigenvalue weighted by Gasteiger charge is -2.34. The molecule has 2 aromatic rings. The van der Waals surface area contributed by atoms with Crippen molar-refractivity contribution >= 4 is 26.6 Å². The quantitative estimate of drug-likeness (QED) is 0.706. The minimum Gasteiger partial charge on any atom is -0.496 e. The van der Waals surface area contributed by atoms with Crippen molar-refractivity contribution in [3.8, 4) is 17.2 Å². The van der Waals surface area contributed by atoms with Gasteiger partial charge in [0.25, 0.3) is 5.91 Å². The highest BCUT2D eigenvalue weighted by atomic mass is 32.2. The second-order valence-corrected chi connectivity index (χ2v) is 9.31. The van der Waals surface area contributed by atoms with Crippen LogP contribution in [0.25, 0.3) is 10.9 Å². The van der Waals surface area contributed by atoms with Crippen LogP contribution in [0.1, 0.15) is 10.5 Å². The summed E-state index contributed by atoms with van der Waals surface area (Å²) in [4.78, 5) is 20.0. The number of sulfone groups is 1. The Morgan fingerprint density at radius 1 is 1.03 bits per heavy atom. The average Bonchev–Trinajstić information content (AvgIpc) is 3.15. The summed E-state index contributed by atoms with van der Waals surface area (Å²) in [6, 6.07) is 3.48. The average molecular weight is 426 g/mol. The fourth-order valence-electron chi connectivity index (χ4n) is 3.49. The summed E-state index contributed by atoms with van der Waals surface area (Å²) >= 11 is 0. The summed E-state index contributed by atoms with van der Waals surface area (Å²) in [5, 5.41) is 0.736. The molecule has 0 saturated carbocycles. The van der Waals surface area contributed by atoms with Gasteiger partial charge in [-0.1, -0.05) is 0 Å². The molecular formula is C19H27N3O6S. The minimum atomic E-state index is -2.99. The van der Waals surface area contributed by atoms with Crippen molar-refractivity contribution < 1.29 is 27.4 Å². The number of fused-ring (bicyclic) bond motifs is 1. The Balaban J connectivity index is 1.78. The monoisotopic (exact) mass is 425 g/mol. The standard InChI is InChI=1S/C19H27N3O6S/c1-26-15-12-16(27-2)18(28-3)17-13(15)11-14(20-17)19(23)22-7-5-21(6-8-22)9-10-29(4,24)25/h11-12,20H,5-10H2,1-4H3. The van der Waals surface area contributed by atoms with Gasteiger partial charge in [0, 0.05) is 50.4 Å². The van der Waals surface area contributed by atoms with E-state index < -0.39 is 9.84 Å². The summed E-state index contributed by atoms with van der Waals surface area (Å²) in [5.74, 6) is 1.61. The van der Waals surface area contributed by atoms with Crippen molar-refractivity contribution in [1.29, 1.82) is 0 Å². The number of aromatic nitrogens is 1. The van der Waals surface area contributed by atoms with E-state index in [0.717, 1.165) is 5.39 Å². The maximum atomic E-state index is 13.0. The highest BCUT2D eigenvalue weighted by molar-refractivity contribution is 7.90. The summed E-state index contributed by atoms with van der Waals surface area (Å²) < 4.78 is 39.0. The Kier molecular flexibility index (Phi) is 6.23. The lowest BCUT2D eigenvalue weighted by Crippen LogP contribution is -2.49. The third-order valence-electron chi connectivity index (χ3n) is 5.11. The molecule has 160 valence electrons. The van der Waals surface area contributed by atoms with Crippen LogP contribution in [-0.4, -0.2) is 95.2 Å². The Morgan fingerprint density at radius 3 is 2.24 bits per heavy atom. The lowest BCUT2D eigenvalue weighted by atomic mass is 10.2. The van der Waals surface area contributed by atoms with Gasteiger partial charge in [0.1, 0.15) is 21.3 Å². The molecule has 1 aromatic heterocycles. The van der Waals surface area contributed by atoms with Crippen LogP contribution < -0.4 is 14.2 Å². The van der Waals surface area contributed by atoms with E-state index in [2.05, 4.69) is 9.88 Å². The number of nitrogens with zero attached hydrogens (tertiary/aromatic N) is 2. The number of carbonyl (C=O) groups excluding carboxylic acids is 1. The molecule has 1 amide bonds. The molecule has 1 aliphatic heterocycles. The third kappa shape index (κ3) is 4.59. The van der Waals surface area contributed by atoms with Crippen molar-refractivity contribution in [3.63, 3.8) is 0 Å². The number of aromatic amines is 1. The first-order valence-corrected chi connectivity index (χ1v) is 11.3. The maximum absolute atomic E-state index is 13.0. The first kappa shape index (κ1) is 21.3. The van der Waals surface area contributed by atoms with Crippen LogP contribution in [-0.2, 0) is 9.84 Å². The molecule has 0 spiro atoms. The number of piperazine rings is 1. The van der Waals surface area contributed by atoms with Gasteiger partial charge < -0.3 is 24.1 Å². The topological polar surface area (TPSA) is 101 Å². The van der Waals surface area contributed by atoms with Gasteiger partial charge >= 0.3 is 0 Å². The van der Waals surface area contributed by atoms with E-state index in [1.54, 1.807) is 38.4 Å². The molecule has 10 heteroatoms. The first-order valence-electron chi connectivity index (χ1n) is 9.28. The van der Waals surface area contributed by atoms with Crippen LogP contribution in [0, 0.1) is 0 Å². The summed E-state index contributed by atoms with van der Waals surface area (Å²) in [6.45, 7) is 2.84. The van der Waals surface area contributed by atoms with E-state index >= 15 is 0 Å². The van der Waals surface area contributed by atoms with Crippen molar-refractivity contribution in [2.45, 2.75) is 0 Å². The van der Waals surface area contributed by atoms with Gasteiger partial charge in [-0.3, -0.25) is 9.69 Å². The van der Waals surface area contributed by atoms with E-state index in [9.17, 15) is 13.2 Å². The van der Waals surface area contributed by atoms with Crippen molar-refractivity contribution in [1.82, 2.24) is 14.8 Å². The number of carbonyl (C=O) groups is 1. The van der Waals surface area contributed by atoms with Crippen LogP contribution in [0.5, 0.6) is 17.2 Å². The van der Waals surface area contributed by atoms with E-state index in [1.807, 2.05) is 0 Å². The first-order chi connectivity index (χ1) is 13.8. The lowest BCUT2D eigenvalue weighted by molar-refractivity contribution is 0.0639. The molecule has 0 bridgehead atoms. The van der Waals surface area contributed by atoms with Gasteiger partial charge in [0.05, 0.1) is 32.6 Å². The fourth-order valence-corrected chi connectivity index (χ4v) is 4.08. The van der Waals surface area contributed by atoms with E-state index in [0.29, 0.717) is 61.2 Å². The molecule has 1 saturated heterocycles. The number of hydrogen-bond donors (Lipinski definition) is 1. The number of benzene rings is 1. The normalized spacial score (nSPS) is 15.5. The van der Waals surface area contributed by atoms with Crippen LogP contribution in [0.15, 0.2) is 12.1 Å². The predicted molar refractivity (Wildman–Crippen MR) is 110 cm³/mol. The number of amides is 1. The van der Waals surface area contributed by atoms with Gasteiger partial charge in [0.15, 0.2) is 11.5 Å². The Hall–Kier alpha value is -2.46. The molecule has 29 heavy (non-hydrogen) atoms. The molecule has 9 nitrogen and oxygen atoms in total. The summed E-state index contributed by atoms with van der Waals surface area (Å²) in [5.41, 5.74) is 1.08. The summed E-state index contributed by atoms with van der Waals surface area (Å²) in [6.07, 6.45) is 1.24. The highest BCUT2D eigenvalue weighted by Crippen LogP contribution is 2.41. The van der Waals surface area contributed by atoms with Crippen molar-refractivity contribution in [3.05, 3.63) is 17.8 Å². The van der Waals surface area contributed by atoms with Crippen LogP contribution in [0.2, 0.25) is 0 Å². The predicted octanol–water partition coefficient (Wildman–Crippen LogP) is 0.996. The number of ether oxygens (including phenoxy) is 3. The molecule has 1 fully saturated rings. The molecule has 0 radical (unpaired) electrons. The fraction of sp³-hybridized carbons (Fsp3) is 0.526. The van der Waals surface area contributed by atoms with Crippen molar-refractivity contribution in [2.24, 2.45) is 0 Å². The van der Waals surface area contributed by atoms with E-state index in [4.69, 9.17) is 14.2 Å². The molecule has 1 N–H and O–H groups in total. The molecule has 0 atom stereocenters. The highest BCUT2D eigenvalue weighted by Gasteiger charge is 2.25. The van der Waals surface area contributed by atoms with Crippen LogP contribution in [0.4, 0.5) is 0 Å². The van der Waals surface area contributed by atoms with Crippen molar-refractivity contribution in [2.75, 3.05) is 66.1 Å². The number of H-pyrrole nitrogens is 1. The summed E-state index contributed by atoms with van der Waals surface area (Å²) in [7, 11) is 1.66. The van der Waals surface area contributed by atoms with Gasteiger partial charge in [0.2, 0.25) is 0 Å². The van der Waals surface area contributed by atoms with E-state index in [-0.39, 0.29) is 11.7 Å². The molecule has 0 unspecified atom stereocenters. The van der Waals surface area contributed by atoms with Crippen LogP contribution >= 0.6 is 0 Å². The zero-order valence-corrected chi connectivity index (χ0v) is 18.0. The zero-order chi connectivity index (χ0) is 21.2. The second-order valence-electron chi connectivity index (χ2n) is 7.05. The molecular weight excluding hydrogens is 398 g/mol. The number of hydrogen-bond acceptors (Lipinski definition) is 7. The minimum absolute atomic E-state index is 0.118. The maximum Gasteiger partial charge on any atom is 0.270 e. The van der Waals surface area contributed by atoms with Gasteiger partial charge in [-0.05, 0) is 6.07 Å². The SMILES string of the molecule is COc1cc(OC)c2cc(C(=O)N3CCN(CCS(C)(=O)=O)CC3)[nH]c2c1OC. The third-order valence-corrected chi connectivity index (χ3v) is 6.03. The number of rotatable bonds is 7. The van der Waals surface area contributed by atoms with E-state index in [1.165, 1.54) is 6.26 Å². The Labute approximate surface area is 170 Å². The molecule has 2 heterocycles. The smallest absolute Gasteiger partial charge is 0.270 e. The van der Waals surface area contributed by atoms with Gasteiger partial charge in [-0.25, -0.2) is 8.42 Å². The Morgan fingerprint density at radius 2 is 1.69 bits per heavy atom. The molecule has 0 aliphatic carbocycles. The largest absolute Gasteiger partial charge is 0.496 e.